The Morgan fingerprint density at radius 2 is 1.74 bits per heavy atom. The maximum Gasteiger partial charge on any atom is 0.177 e. The average Bonchev–Trinajstić information content (AvgIpc) is 2.35. The van der Waals surface area contributed by atoms with Gasteiger partial charge in [0, 0.05) is 11.8 Å². The van der Waals surface area contributed by atoms with Crippen LogP contribution in [0.4, 0.5) is 0 Å². The lowest BCUT2D eigenvalue weighted by Gasteiger charge is -2.05. The Morgan fingerprint density at radius 3 is 2.37 bits per heavy atom. The minimum atomic E-state index is -3.30. The number of sulfone groups is 1. The number of Topliss-reactive ketones (excluding diaryl/α,β-unsaturated/α-hetero) is 1. The summed E-state index contributed by atoms with van der Waals surface area (Å²) in [5, 5.41) is 1.82. The molecule has 0 N–H and O–H groups in total. The molecule has 2 rings (SSSR count). The second kappa shape index (κ2) is 5.01. The number of carbonyl (C=O) groups excluding carboxylic acids is 1. The van der Waals surface area contributed by atoms with Crippen molar-refractivity contribution in [3.8, 4) is 5.75 Å². The molecule has 4 nitrogen and oxygen atoms in total. The molecule has 0 bridgehead atoms. The molecular formula is C14H14O4S. The Morgan fingerprint density at radius 1 is 1.11 bits per heavy atom. The third kappa shape index (κ3) is 3.32. The van der Waals surface area contributed by atoms with Gasteiger partial charge in [-0.3, -0.25) is 4.79 Å². The summed E-state index contributed by atoms with van der Waals surface area (Å²) >= 11 is 0. The van der Waals surface area contributed by atoms with Crippen molar-refractivity contribution in [2.24, 2.45) is 0 Å². The van der Waals surface area contributed by atoms with E-state index in [1.54, 1.807) is 31.4 Å². The normalized spacial score (nSPS) is 11.5. The molecule has 0 aromatic heterocycles. The van der Waals surface area contributed by atoms with E-state index in [2.05, 4.69) is 0 Å². The minimum absolute atomic E-state index is 0.389. The van der Waals surface area contributed by atoms with Gasteiger partial charge < -0.3 is 4.74 Å². The maximum atomic E-state index is 11.8. The van der Waals surface area contributed by atoms with Crippen LogP contribution in [0.1, 0.15) is 10.4 Å². The molecule has 0 atom stereocenters. The van der Waals surface area contributed by atoms with Crippen molar-refractivity contribution >= 4 is 26.4 Å². The molecule has 2 aromatic rings. The van der Waals surface area contributed by atoms with E-state index >= 15 is 0 Å². The molecule has 100 valence electrons. The number of benzene rings is 2. The minimum Gasteiger partial charge on any atom is -0.497 e. The van der Waals surface area contributed by atoms with E-state index in [4.69, 9.17) is 4.74 Å². The van der Waals surface area contributed by atoms with Gasteiger partial charge in [0.25, 0.3) is 0 Å². The van der Waals surface area contributed by atoms with Crippen molar-refractivity contribution < 1.29 is 17.9 Å². The standard InChI is InChI=1S/C14H14O4S/c1-18-13-6-5-10-7-12(4-3-11(10)8-13)14(15)9-19(2,16)17/h3-8H,9H2,1-2H3. The first kappa shape index (κ1) is 13.5. The summed E-state index contributed by atoms with van der Waals surface area (Å²) < 4.78 is 27.4. The van der Waals surface area contributed by atoms with Crippen LogP contribution in [-0.4, -0.2) is 33.3 Å². The molecule has 19 heavy (non-hydrogen) atoms. The van der Waals surface area contributed by atoms with Crippen molar-refractivity contribution in [2.45, 2.75) is 0 Å². The Labute approximate surface area is 111 Å². The van der Waals surface area contributed by atoms with Gasteiger partial charge >= 0.3 is 0 Å². The molecule has 0 radical (unpaired) electrons. The van der Waals surface area contributed by atoms with Gasteiger partial charge in [-0.25, -0.2) is 8.42 Å². The Bertz CT molecular complexity index is 732. The number of hydrogen-bond donors (Lipinski definition) is 0. The molecule has 0 fully saturated rings. The highest BCUT2D eigenvalue weighted by Crippen LogP contribution is 2.22. The summed E-state index contributed by atoms with van der Waals surface area (Å²) in [5.74, 6) is -0.114. The molecule has 2 aromatic carbocycles. The first-order valence-corrected chi connectivity index (χ1v) is 7.74. The van der Waals surface area contributed by atoms with Crippen LogP contribution in [0.2, 0.25) is 0 Å². The lowest BCUT2D eigenvalue weighted by atomic mass is 10.0. The fraction of sp³-hybridized carbons (Fsp3) is 0.214. The van der Waals surface area contributed by atoms with E-state index < -0.39 is 15.6 Å². The quantitative estimate of drug-likeness (QED) is 0.803. The van der Waals surface area contributed by atoms with Gasteiger partial charge in [-0.05, 0) is 29.0 Å². The fourth-order valence-electron chi connectivity index (χ4n) is 1.85. The number of carbonyl (C=O) groups is 1. The molecular weight excluding hydrogens is 264 g/mol. The highest BCUT2D eigenvalue weighted by molar-refractivity contribution is 7.91. The van der Waals surface area contributed by atoms with Gasteiger partial charge in [0.15, 0.2) is 15.6 Å². The summed E-state index contributed by atoms with van der Waals surface area (Å²) in [5.41, 5.74) is 0.406. The maximum absolute atomic E-state index is 11.8. The fourth-order valence-corrected chi connectivity index (χ4v) is 2.49. The van der Waals surface area contributed by atoms with Crippen LogP contribution >= 0.6 is 0 Å². The van der Waals surface area contributed by atoms with Gasteiger partial charge in [0.05, 0.1) is 7.11 Å². The topological polar surface area (TPSA) is 60.4 Å². The van der Waals surface area contributed by atoms with Crippen LogP contribution in [-0.2, 0) is 9.84 Å². The average molecular weight is 278 g/mol. The van der Waals surface area contributed by atoms with Crippen molar-refractivity contribution in [1.82, 2.24) is 0 Å². The Hall–Kier alpha value is -1.88. The van der Waals surface area contributed by atoms with Gasteiger partial charge in [-0.1, -0.05) is 18.2 Å². The van der Waals surface area contributed by atoms with Gasteiger partial charge in [-0.2, -0.15) is 0 Å². The summed E-state index contributed by atoms with van der Waals surface area (Å²) in [7, 11) is -1.72. The Kier molecular flexibility index (Phi) is 3.57. The summed E-state index contributed by atoms with van der Waals surface area (Å²) in [6, 6.07) is 10.6. The lowest BCUT2D eigenvalue weighted by molar-refractivity contribution is 0.102. The predicted octanol–water partition coefficient (Wildman–Crippen LogP) is 2.08. The summed E-state index contributed by atoms with van der Waals surface area (Å²) in [6.07, 6.45) is 1.05. The third-order valence-electron chi connectivity index (χ3n) is 2.76. The number of ether oxygens (including phenoxy) is 1. The van der Waals surface area contributed by atoms with Crippen LogP contribution in [0.3, 0.4) is 0 Å². The van der Waals surface area contributed by atoms with E-state index in [0.717, 1.165) is 22.8 Å². The number of hydrogen-bond acceptors (Lipinski definition) is 4. The van der Waals surface area contributed by atoms with E-state index in [0.29, 0.717) is 5.56 Å². The summed E-state index contributed by atoms with van der Waals surface area (Å²) in [4.78, 5) is 11.8. The van der Waals surface area contributed by atoms with E-state index in [9.17, 15) is 13.2 Å². The predicted molar refractivity (Wildman–Crippen MR) is 74.5 cm³/mol. The van der Waals surface area contributed by atoms with Gasteiger partial charge in [-0.15, -0.1) is 0 Å². The first-order chi connectivity index (χ1) is 8.89. The van der Waals surface area contributed by atoms with Crippen LogP contribution in [0.15, 0.2) is 36.4 Å². The van der Waals surface area contributed by atoms with E-state index in [1.165, 1.54) is 0 Å². The molecule has 0 amide bonds. The second-order valence-electron chi connectivity index (χ2n) is 4.42. The number of rotatable bonds is 4. The van der Waals surface area contributed by atoms with Crippen molar-refractivity contribution in [3.05, 3.63) is 42.0 Å². The zero-order valence-corrected chi connectivity index (χ0v) is 11.5. The molecule has 0 spiro atoms. The molecule has 0 unspecified atom stereocenters. The number of methoxy groups -OCH3 is 1. The van der Waals surface area contributed by atoms with Crippen molar-refractivity contribution in [3.63, 3.8) is 0 Å². The zero-order valence-electron chi connectivity index (χ0n) is 10.7. The first-order valence-electron chi connectivity index (χ1n) is 5.68. The van der Waals surface area contributed by atoms with Gasteiger partial charge in [0.2, 0.25) is 0 Å². The number of ketones is 1. The zero-order chi connectivity index (χ0) is 14.0. The molecule has 0 saturated carbocycles. The monoisotopic (exact) mass is 278 g/mol. The Balaban J connectivity index is 2.39. The van der Waals surface area contributed by atoms with Crippen molar-refractivity contribution in [2.75, 3.05) is 19.1 Å². The largest absolute Gasteiger partial charge is 0.497 e. The molecule has 0 heterocycles. The molecule has 0 aliphatic rings. The van der Waals surface area contributed by atoms with Crippen molar-refractivity contribution in [1.29, 1.82) is 0 Å². The molecule has 0 aliphatic heterocycles. The second-order valence-corrected chi connectivity index (χ2v) is 6.56. The highest BCUT2D eigenvalue weighted by Gasteiger charge is 2.13. The van der Waals surface area contributed by atoms with Crippen LogP contribution in [0.5, 0.6) is 5.75 Å². The third-order valence-corrected chi connectivity index (χ3v) is 3.55. The molecule has 0 aliphatic carbocycles. The number of fused-ring (bicyclic) bond motifs is 1. The van der Waals surface area contributed by atoms with E-state index in [-0.39, 0.29) is 5.78 Å². The lowest BCUT2D eigenvalue weighted by Crippen LogP contribution is -2.14. The smallest absolute Gasteiger partial charge is 0.177 e. The molecule has 0 saturated heterocycles. The van der Waals surface area contributed by atoms with Crippen LogP contribution in [0.25, 0.3) is 10.8 Å². The molecule has 5 heteroatoms. The summed E-state index contributed by atoms with van der Waals surface area (Å²) in [6.45, 7) is 0. The van der Waals surface area contributed by atoms with Crippen LogP contribution in [0, 0.1) is 0 Å². The van der Waals surface area contributed by atoms with Gasteiger partial charge in [0.1, 0.15) is 11.5 Å². The van der Waals surface area contributed by atoms with E-state index in [1.807, 2.05) is 12.1 Å². The van der Waals surface area contributed by atoms with Crippen LogP contribution < -0.4 is 4.74 Å². The SMILES string of the molecule is COc1ccc2cc(C(=O)CS(C)(=O)=O)ccc2c1. The highest BCUT2D eigenvalue weighted by atomic mass is 32.2.